The summed E-state index contributed by atoms with van der Waals surface area (Å²) in [7, 11) is 1.83. The second-order valence-electron chi connectivity index (χ2n) is 5.27. The quantitative estimate of drug-likeness (QED) is 0.912. The average Bonchev–Trinajstić information content (AvgIpc) is 2.89. The molecule has 0 aliphatic heterocycles. The van der Waals surface area contributed by atoms with Crippen LogP contribution in [0.3, 0.4) is 0 Å². The van der Waals surface area contributed by atoms with Crippen molar-refractivity contribution in [2.45, 2.75) is 57.2 Å². The highest BCUT2D eigenvalue weighted by molar-refractivity contribution is 7.11. The molecule has 0 amide bonds. The van der Waals surface area contributed by atoms with Crippen LogP contribution in [0.2, 0.25) is 0 Å². The van der Waals surface area contributed by atoms with E-state index < -0.39 is 18.0 Å². The Morgan fingerprint density at radius 3 is 2.60 bits per heavy atom. The summed E-state index contributed by atoms with van der Waals surface area (Å²) >= 11 is 1.33. The third kappa shape index (κ3) is 3.31. The summed E-state index contributed by atoms with van der Waals surface area (Å²) in [6, 6.07) is 0.0779. The average molecular weight is 307 g/mol. The van der Waals surface area contributed by atoms with Gasteiger partial charge < -0.3 is 5.32 Å². The van der Waals surface area contributed by atoms with Crippen molar-refractivity contribution in [1.82, 2.24) is 15.5 Å². The number of hydrogen-bond acceptors (Lipinski definition) is 4. The van der Waals surface area contributed by atoms with Crippen molar-refractivity contribution in [3.05, 3.63) is 10.0 Å². The van der Waals surface area contributed by atoms with Gasteiger partial charge in [0.25, 0.3) is 0 Å². The van der Waals surface area contributed by atoms with Gasteiger partial charge in [-0.05, 0) is 26.3 Å². The van der Waals surface area contributed by atoms with Crippen molar-refractivity contribution in [3.8, 4) is 0 Å². The number of alkyl halides is 3. The predicted octanol–water partition coefficient (Wildman–Crippen LogP) is 4.04. The van der Waals surface area contributed by atoms with Gasteiger partial charge in [0.05, 0.1) is 12.0 Å². The van der Waals surface area contributed by atoms with E-state index in [9.17, 15) is 13.2 Å². The van der Waals surface area contributed by atoms with Crippen LogP contribution >= 0.6 is 11.3 Å². The van der Waals surface area contributed by atoms with E-state index in [4.69, 9.17) is 0 Å². The van der Waals surface area contributed by atoms with E-state index in [1.54, 1.807) is 0 Å². The monoisotopic (exact) mass is 307 g/mol. The molecule has 1 fully saturated rings. The lowest BCUT2D eigenvalue weighted by Crippen LogP contribution is -2.31. The van der Waals surface area contributed by atoms with E-state index in [-0.39, 0.29) is 12.5 Å². The van der Waals surface area contributed by atoms with Gasteiger partial charge in [-0.2, -0.15) is 13.2 Å². The molecule has 1 aliphatic rings. The van der Waals surface area contributed by atoms with Crippen molar-refractivity contribution in [3.63, 3.8) is 0 Å². The summed E-state index contributed by atoms with van der Waals surface area (Å²) in [5.74, 6) is -1.77. The minimum Gasteiger partial charge on any atom is -0.311 e. The fourth-order valence-corrected chi connectivity index (χ4v) is 4.10. The molecular weight excluding hydrogens is 287 g/mol. The fourth-order valence-electron chi connectivity index (χ4n) is 2.86. The topological polar surface area (TPSA) is 37.8 Å². The maximum Gasteiger partial charge on any atom is 0.392 e. The van der Waals surface area contributed by atoms with Crippen LogP contribution in [0.25, 0.3) is 0 Å². The standard InChI is InChI=1S/C13H20F3N3S/c1-3-10(17-2)12-19-18-11(20-12)8-6-4-5-7-9(8)13(14,15)16/h8-10,17H,3-7H2,1-2H3. The Morgan fingerprint density at radius 1 is 1.30 bits per heavy atom. The van der Waals surface area contributed by atoms with E-state index in [1.165, 1.54) is 11.3 Å². The lowest BCUT2D eigenvalue weighted by atomic mass is 9.79. The second-order valence-corrected chi connectivity index (χ2v) is 6.31. The molecular formula is C13H20F3N3S. The molecule has 0 radical (unpaired) electrons. The Bertz CT molecular complexity index is 429. The van der Waals surface area contributed by atoms with E-state index in [2.05, 4.69) is 15.5 Å². The van der Waals surface area contributed by atoms with Gasteiger partial charge in [-0.15, -0.1) is 10.2 Å². The largest absolute Gasteiger partial charge is 0.392 e. The Labute approximate surface area is 121 Å². The summed E-state index contributed by atoms with van der Waals surface area (Å²) < 4.78 is 39.4. The third-order valence-corrected chi connectivity index (χ3v) is 5.18. The Hall–Kier alpha value is -0.690. The van der Waals surface area contributed by atoms with Crippen LogP contribution in [0.4, 0.5) is 13.2 Å². The molecule has 0 saturated heterocycles. The first-order valence-electron chi connectivity index (χ1n) is 7.04. The van der Waals surface area contributed by atoms with Gasteiger partial charge in [0.1, 0.15) is 10.0 Å². The van der Waals surface area contributed by atoms with E-state index >= 15 is 0 Å². The molecule has 1 aromatic heterocycles. The molecule has 1 N–H and O–H groups in total. The molecule has 20 heavy (non-hydrogen) atoms. The van der Waals surface area contributed by atoms with Crippen molar-refractivity contribution < 1.29 is 13.2 Å². The van der Waals surface area contributed by atoms with Crippen LogP contribution in [0.5, 0.6) is 0 Å². The summed E-state index contributed by atoms with van der Waals surface area (Å²) in [6.07, 6.45) is -1.01. The van der Waals surface area contributed by atoms with E-state index in [1.807, 2.05) is 14.0 Å². The van der Waals surface area contributed by atoms with Crippen LogP contribution in [0.1, 0.15) is 61.0 Å². The fraction of sp³-hybridized carbons (Fsp3) is 0.846. The van der Waals surface area contributed by atoms with E-state index in [0.29, 0.717) is 17.8 Å². The molecule has 114 valence electrons. The van der Waals surface area contributed by atoms with Crippen molar-refractivity contribution in [1.29, 1.82) is 0 Å². The summed E-state index contributed by atoms with van der Waals surface area (Å²) in [5, 5.41) is 12.6. The first-order chi connectivity index (χ1) is 9.47. The lowest BCUT2D eigenvalue weighted by Gasteiger charge is -2.31. The van der Waals surface area contributed by atoms with Gasteiger partial charge in [0.2, 0.25) is 0 Å². The SMILES string of the molecule is CCC(NC)c1nnc(C2CCCCC2C(F)(F)F)s1. The second kappa shape index (κ2) is 6.39. The van der Waals surface area contributed by atoms with Gasteiger partial charge in [0, 0.05) is 5.92 Å². The van der Waals surface area contributed by atoms with Gasteiger partial charge in [-0.3, -0.25) is 0 Å². The highest BCUT2D eigenvalue weighted by Gasteiger charge is 2.47. The minimum absolute atomic E-state index is 0.0779. The maximum atomic E-state index is 13.1. The van der Waals surface area contributed by atoms with Gasteiger partial charge in [0.15, 0.2) is 0 Å². The zero-order chi connectivity index (χ0) is 14.8. The van der Waals surface area contributed by atoms with Crippen molar-refractivity contribution >= 4 is 11.3 Å². The van der Waals surface area contributed by atoms with E-state index in [0.717, 1.165) is 17.8 Å². The molecule has 1 saturated carbocycles. The Morgan fingerprint density at radius 2 is 2.00 bits per heavy atom. The van der Waals surface area contributed by atoms with Crippen LogP contribution in [-0.4, -0.2) is 23.4 Å². The van der Waals surface area contributed by atoms with Gasteiger partial charge in [-0.25, -0.2) is 0 Å². The Kier molecular flexibility index (Phi) is 5.01. The normalized spacial score (nSPS) is 25.6. The zero-order valence-corrected chi connectivity index (χ0v) is 12.5. The molecule has 3 unspecified atom stereocenters. The maximum absolute atomic E-state index is 13.1. The highest BCUT2D eigenvalue weighted by Crippen LogP contribution is 2.47. The van der Waals surface area contributed by atoms with Crippen molar-refractivity contribution in [2.24, 2.45) is 5.92 Å². The summed E-state index contributed by atoms with van der Waals surface area (Å²) in [4.78, 5) is 0. The molecule has 2 rings (SSSR count). The van der Waals surface area contributed by atoms with Crippen LogP contribution < -0.4 is 5.32 Å². The highest BCUT2D eigenvalue weighted by atomic mass is 32.1. The molecule has 7 heteroatoms. The molecule has 1 heterocycles. The predicted molar refractivity (Wildman–Crippen MR) is 72.8 cm³/mol. The lowest BCUT2D eigenvalue weighted by molar-refractivity contribution is -0.187. The first kappa shape index (κ1) is 15.7. The number of aromatic nitrogens is 2. The molecule has 1 aliphatic carbocycles. The molecule has 3 atom stereocenters. The van der Waals surface area contributed by atoms with Crippen LogP contribution in [-0.2, 0) is 0 Å². The van der Waals surface area contributed by atoms with Crippen LogP contribution in [0.15, 0.2) is 0 Å². The zero-order valence-electron chi connectivity index (χ0n) is 11.7. The molecule has 1 aromatic rings. The minimum atomic E-state index is -4.13. The Balaban J connectivity index is 2.20. The molecule has 0 bridgehead atoms. The number of halogens is 3. The number of nitrogens with one attached hydrogen (secondary N) is 1. The van der Waals surface area contributed by atoms with Crippen LogP contribution in [0, 0.1) is 5.92 Å². The van der Waals surface area contributed by atoms with Gasteiger partial charge >= 0.3 is 6.18 Å². The third-order valence-electron chi connectivity index (χ3n) is 4.01. The summed E-state index contributed by atoms with van der Waals surface area (Å²) in [5.41, 5.74) is 0. The molecule has 0 spiro atoms. The molecule has 3 nitrogen and oxygen atoms in total. The number of rotatable bonds is 4. The smallest absolute Gasteiger partial charge is 0.311 e. The molecule has 0 aromatic carbocycles. The summed E-state index contributed by atoms with van der Waals surface area (Å²) in [6.45, 7) is 2.02. The number of hydrogen-bond donors (Lipinski definition) is 1. The first-order valence-corrected chi connectivity index (χ1v) is 7.86. The van der Waals surface area contributed by atoms with Gasteiger partial charge in [-0.1, -0.05) is 31.1 Å². The van der Waals surface area contributed by atoms with Crippen molar-refractivity contribution in [2.75, 3.05) is 7.05 Å². The number of nitrogens with zero attached hydrogens (tertiary/aromatic N) is 2.